The van der Waals surface area contributed by atoms with E-state index < -0.39 is 0 Å². The molecule has 0 bridgehead atoms. The fourth-order valence-electron chi connectivity index (χ4n) is 2.86. The van der Waals surface area contributed by atoms with Crippen molar-refractivity contribution in [2.24, 2.45) is 0 Å². The Kier molecular flexibility index (Phi) is 6.59. The molecule has 7 heteroatoms. The van der Waals surface area contributed by atoms with Crippen LogP contribution < -0.4 is 10.2 Å². The molecule has 0 saturated heterocycles. The van der Waals surface area contributed by atoms with E-state index >= 15 is 0 Å². The lowest BCUT2D eigenvalue weighted by molar-refractivity contribution is 0.607. The first-order valence-corrected chi connectivity index (χ1v) is 9.78. The maximum absolute atomic E-state index is 14.1. The number of anilines is 3. The Morgan fingerprint density at radius 2 is 2.03 bits per heavy atom. The Morgan fingerprint density at radius 3 is 2.72 bits per heavy atom. The zero-order valence-corrected chi connectivity index (χ0v) is 17.3. The number of benzene rings is 1. The van der Waals surface area contributed by atoms with E-state index in [1.165, 1.54) is 6.07 Å². The number of nitrogens with zero attached hydrogens (tertiary/aromatic N) is 4. The molecule has 152 valence electrons. The minimum Gasteiger partial charge on any atom is -0.353 e. The minimum atomic E-state index is -0.232. The first kappa shape index (κ1) is 20.5. The second-order valence-corrected chi connectivity index (χ2v) is 7.21. The first-order chi connectivity index (χ1) is 14.0. The summed E-state index contributed by atoms with van der Waals surface area (Å²) in [4.78, 5) is 11.2. The fraction of sp³-hybridized carbons (Fsp3) is 0.318. The highest BCUT2D eigenvalue weighted by atomic mass is 19.1. The Labute approximate surface area is 170 Å². The summed E-state index contributed by atoms with van der Waals surface area (Å²) in [7, 11) is 1.88. The number of aromatic nitrogens is 4. The molecule has 0 aliphatic carbocycles. The van der Waals surface area contributed by atoms with Crippen LogP contribution in [-0.4, -0.2) is 27.2 Å². The lowest BCUT2D eigenvalue weighted by Gasteiger charge is -2.21. The lowest BCUT2D eigenvalue weighted by Crippen LogP contribution is -2.20. The molecule has 2 aromatic heterocycles. The summed E-state index contributed by atoms with van der Waals surface area (Å²) in [6.07, 6.45) is 6.54. The third kappa shape index (κ3) is 5.19. The predicted octanol–water partition coefficient (Wildman–Crippen LogP) is 5.27. The number of halogens is 1. The van der Waals surface area contributed by atoms with Gasteiger partial charge in [0.25, 0.3) is 0 Å². The smallest absolute Gasteiger partial charge is 0.157 e. The average molecular weight is 394 g/mol. The van der Waals surface area contributed by atoms with Gasteiger partial charge in [-0.15, -0.1) is 0 Å². The molecule has 0 spiro atoms. The average Bonchev–Trinajstić information content (AvgIpc) is 3.17. The van der Waals surface area contributed by atoms with Crippen LogP contribution >= 0.6 is 0 Å². The molecule has 2 N–H and O–H groups in total. The van der Waals surface area contributed by atoms with Crippen LogP contribution in [0.5, 0.6) is 0 Å². The van der Waals surface area contributed by atoms with Crippen LogP contribution in [0.2, 0.25) is 0 Å². The Balaban J connectivity index is 1.88. The molecule has 0 aliphatic rings. The van der Waals surface area contributed by atoms with Crippen LogP contribution in [0.15, 0.2) is 42.6 Å². The summed E-state index contributed by atoms with van der Waals surface area (Å²) in [5.74, 6) is 2.05. The molecule has 0 aliphatic heterocycles. The first-order valence-electron chi connectivity index (χ1n) is 9.78. The summed E-state index contributed by atoms with van der Waals surface area (Å²) in [6, 6.07) is 8.72. The van der Waals surface area contributed by atoms with Crippen molar-refractivity contribution in [3.63, 3.8) is 0 Å². The van der Waals surface area contributed by atoms with Crippen LogP contribution in [0, 0.1) is 5.82 Å². The molecule has 0 radical (unpaired) electrons. The van der Waals surface area contributed by atoms with Crippen molar-refractivity contribution < 1.29 is 4.39 Å². The van der Waals surface area contributed by atoms with E-state index in [2.05, 4.69) is 41.3 Å². The van der Waals surface area contributed by atoms with Gasteiger partial charge >= 0.3 is 0 Å². The molecule has 0 amide bonds. The van der Waals surface area contributed by atoms with Gasteiger partial charge in [-0.2, -0.15) is 5.10 Å². The molecule has 3 aromatic rings. The van der Waals surface area contributed by atoms with Gasteiger partial charge in [0.2, 0.25) is 0 Å². The normalized spacial score (nSPS) is 11.4. The number of nitrogens with one attached hydrogen (secondary N) is 2. The van der Waals surface area contributed by atoms with Crippen LogP contribution in [-0.2, 0) is 6.54 Å². The molecule has 0 saturated carbocycles. The van der Waals surface area contributed by atoms with Crippen molar-refractivity contribution in [2.45, 2.75) is 39.7 Å². The highest BCUT2D eigenvalue weighted by Crippen LogP contribution is 2.24. The van der Waals surface area contributed by atoms with Crippen molar-refractivity contribution in [1.29, 1.82) is 0 Å². The topological polar surface area (TPSA) is 69.7 Å². The van der Waals surface area contributed by atoms with Crippen molar-refractivity contribution in [2.75, 3.05) is 17.3 Å². The van der Waals surface area contributed by atoms with Gasteiger partial charge in [0, 0.05) is 30.9 Å². The van der Waals surface area contributed by atoms with Gasteiger partial charge in [-0.1, -0.05) is 45.0 Å². The number of rotatable bonds is 8. The van der Waals surface area contributed by atoms with E-state index in [9.17, 15) is 4.39 Å². The molecule has 3 rings (SSSR count). The SMILES string of the molecule is CC/C=C/c1ncc(Nc2cc(C(C)C)[nH]n2)nc1N(C)Cc1ccccc1F. The van der Waals surface area contributed by atoms with Crippen LogP contribution in [0.4, 0.5) is 21.8 Å². The highest BCUT2D eigenvalue weighted by molar-refractivity contribution is 5.64. The van der Waals surface area contributed by atoms with E-state index in [0.717, 1.165) is 17.8 Å². The van der Waals surface area contributed by atoms with Gasteiger partial charge in [0.15, 0.2) is 17.5 Å². The zero-order chi connectivity index (χ0) is 20.8. The number of hydrogen-bond donors (Lipinski definition) is 2. The van der Waals surface area contributed by atoms with Crippen LogP contribution in [0.3, 0.4) is 0 Å². The van der Waals surface area contributed by atoms with Crippen molar-refractivity contribution in [3.05, 3.63) is 65.4 Å². The van der Waals surface area contributed by atoms with E-state index in [1.54, 1.807) is 18.3 Å². The molecule has 29 heavy (non-hydrogen) atoms. The minimum absolute atomic E-state index is 0.232. The number of hydrogen-bond acceptors (Lipinski definition) is 5. The van der Waals surface area contributed by atoms with E-state index in [4.69, 9.17) is 4.98 Å². The standard InChI is InChI=1S/C22H27FN6/c1-5-6-11-18-22(29(4)14-16-9-7-8-10-17(16)23)26-21(13-24-18)25-20-12-19(15(2)3)27-28-20/h6-13,15H,5,14H2,1-4H3,(H2,25,26,27,28)/b11-6+. The van der Waals surface area contributed by atoms with Crippen molar-refractivity contribution in [3.8, 4) is 0 Å². The maximum Gasteiger partial charge on any atom is 0.157 e. The Hall–Kier alpha value is -3.22. The van der Waals surface area contributed by atoms with Gasteiger partial charge < -0.3 is 10.2 Å². The Bertz CT molecular complexity index is 979. The van der Waals surface area contributed by atoms with E-state index in [1.807, 2.05) is 36.2 Å². The number of aromatic amines is 1. The predicted molar refractivity (Wildman–Crippen MR) is 116 cm³/mol. The molecular weight excluding hydrogens is 367 g/mol. The second kappa shape index (κ2) is 9.32. The maximum atomic E-state index is 14.1. The van der Waals surface area contributed by atoms with Gasteiger partial charge in [-0.05, 0) is 24.5 Å². The third-order valence-corrected chi connectivity index (χ3v) is 4.50. The Morgan fingerprint density at radius 1 is 1.24 bits per heavy atom. The highest BCUT2D eigenvalue weighted by Gasteiger charge is 2.14. The largest absolute Gasteiger partial charge is 0.353 e. The molecule has 0 fully saturated rings. The zero-order valence-electron chi connectivity index (χ0n) is 17.3. The fourth-order valence-corrected chi connectivity index (χ4v) is 2.86. The van der Waals surface area contributed by atoms with Crippen molar-refractivity contribution >= 4 is 23.5 Å². The molecule has 0 unspecified atom stereocenters. The number of allylic oxidation sites excluding steroid dienone is 1. The quantitative estimate of drug-likeness (QED) is 0.545. The third-order valence-electron chi connectivity index (χ3n) is 4.50. The second-order valence-electron chi connectivity index (χ2n) is 7.21. The number of H-pyrrole nitrogens is 1. The molecule has 1 aromatic carbocycles. The molecular formula is C22H27FN6. The summed E-state index contributed by atoms with van der Waals surface area (Å²) >= 11 is 0. The van der Waals surface area contributed by atoms with Gasteiger partial charge in [-0.3, -0.25) is 5.10 Å². The monoisotopic (exact) mass is 394 g/mol. The summed E-state index contributed by atoms with van der Waals surface area (Å²) in [5.41, 5.74) is 2.38. The van der Waals surface area contributed by atoms with Crippen LogP contribution in [0.1, 0.15) is 50.1 Å². The van der Waals surface area contributed by atoms with Gasteiger partial charge in [0.1, 0.15) is 11.5 Å². The van der Waals surface area contributed by atoms with E-state index in [-0.39, 0.29) is 5.82 Å². The van der Waals surface area contributed by atoms with Crippen LogP contribution in [0.25, 0.3) is 6.08 Å². The molecule has 2 heterocycles. The van der Waals surface area contributed by atoms with E-state index in [0.29, 0.717) is 35.5 Å². The van der Waals surface area contributed by atoms with Crippen molar-refractivity contribution in [1.82, 2.24) is 20.2 Å². The van der Waals surface area contributed by atoms with Gasteiger partial charge in [-0.25, -0.2) is 14.4 Å². The lowest BCUT2D eigenvalue weighted by atomic mass is 10.1. The summed E-state index contributed by atoms with van der Waals surface area (Å²) in [6.45, 7) is 6.65. The van der Waals surface area contributed by atoms with Gasteiger partial charge in [0.05, 0.1) is 6.20 Å². The molecule has 6 nitrogen and oxygen atoms in total. The summed E-state index contributed by atoms with van der Waals surface area (Å²) in [5, 5.41) is 10.5. The molecule has 0 atom stereocenters. The summed E-state index contributed by atoms with van der Waals surface area (Å²) < 4.78 is 14.1.